The van der Waals surface area contributed by atoms with Gasteiger partial charge in [0.15, 0.2) is 0 Å². The van der Waals surface area contributed by atoms with Crippen LogP contribution in [0.25, 0.3) is 0 Å². The first-order valence-corrected chi connectivity index (χ1v) is 5.88. The summed E-state index contributed by atoms with van der Waals surface area (Å²) in [6.07, 6.45) is 0. The van der Waals surface area contributed by atoms with Gasteiger partial charge in [-0.1, -0.05) is 13.8 Å². The second-order valence-corrected chi connectivity index (χ2v) is 4.59. The quantitative estimate of drug-likeness (QED) is 0.857. The Morgan fingerprint density at radius 1 is 1.18 bits per heavy atom. The molecule has 1 atom stereocenters. The van der Waals surface area contributed by atoms with Gasteiger partial charge in [-0.3, -0.25) is 0 Å². The Morgan fingerprint density at radius 3 is 2.24 bits per heavy atom. The maximum absolute atomic E-state index is 9.53. The number of methoxy groups -OCH3 is 2. The molecule has 0 heterocycles. The zero-order chi connectivity index (χ0) is 13.0. The van der Waals surface area contributed by atoms with Crippen LogP contribution in [-0.2, 0) is 0 Å². The fraction of sp³-hybridized carbons (Fsp3) is 0.571. The topological polar surface area (TPSA) is 38.7 Å². The lowest BCUT2D eigenvalue weighted by atomic mass is 9.86. The molecule has 0 aliphatic rings. The summed E-state index contributed by atoms with van der Waals surface area (Å²) in [5.74, 6) is 2.02. The second kappa shape index (κ2) is 5.92. The molecule has 1 N–H and O–H groups in total. The van der Waals surface area contributed by atoms with Crippen LogP contribution in [0.4, 0.5) is 0 Å². The standard InChI is InChI=1S/C14H22O3/c1-9(2)12(8-15)14-10(3)6-11(16-4)7-13(14)17-5/h6-7,9,12,15H,8H2,1-5H3. The molecule has 1 aromatic carbocycles. The van der Waals surface area contributed by atoms with Crippen LogP contribution in [0.3, 0.4) is 0 Å². The van der Waals surface area contributed by atoms with Crippen molar-refractivity contribution in [3.05, 3.63) is 23.3 Å². The average molecular weight is 238 g/mol. The lowest BCUT2D eigenvalue weighted by molar-refractivity contribution is 0.233. The van der Waals surface area contributed by atoms with Crippen molar-refractivity contribution in [3.63, 3.8) is 0 Å². The van der Waals surface area contributed by atoms with Gasteiger partial charge in [0.05, 0.1) is 20.8 Å². The van der Waals surface area contributed by atoms with E-state index in [2.05, 4.69) is 13.8 Å². The average Bonchev–Trinajstić information content (AvgIpc) is 2.31. The van der Waals surface area contributed by atoms with Crippen LogP contribution in [0.15, 0.2) is 12.1 Å². The Labute approximate surface area is 103 Å². The monoisotopic (exact) mass is 238 g/mol. The summed E-state index contributed by atoms with van der Waals surface area (Å²) in [6, 6.07) is 3.84. The Balaban J connectivity index is 3.30. The Morgan fingerprint density at radius 2 is 1.82 bits per heavy atom. The summed E-state index contributed by atoms with van der Waals surface area (Å²) >= 11 is 0. The Bertz CT molecular complexity index is 372. The van der Waals surface area contributed by atoms with Crippen LogP contribution in [0.1, 0.15) is 30.9 Å². The number of aryl methyl sites for hydroxylation is 1. The number of aliphatic hydroxyl groups is 1. The van der Waals surface area contributed by atoms with Crippen LogP contribution in [-0.4, -0.2) is 25.9 Å². The van der Waals surface area contributed by atoms with E-state index in [0.29, 0.717) is 5.92 Å². The Kier molecular flexibility index (Phi) is 4.82. The van der Waals surface area contributed by atoms with E-state index < -0.39 is 0 Å². The summed E-state index contributed by atoms with van der Waals surface area (Å²) in [4.78, 5) is 0. The number of hydrogen-bond acceptors (Lipinski definition) is 3. The van der Waals surface area contributed by atoms with Crippen molar-refractivity contribution in [2.24, 2.45) is 5.92 Å². The third-order valence-electron chi connectivity index (χ3n) is 3.15. The SMILES string of the molecule is COc1cc(C)c(C(CO)C(C)C)c(OC)c1. The Hall–Kier alpha value is -1.22. The van der Waals surface area contributed by atoms with Gasteiger partial charge in [-0.2, -0.15) is 0 Å². The van der Waals surface area contributed by atoms with Crippen molar-refractivity contribution < 1.29 is 14.6 Å². The van der Waals surface area contributed by atoms with Crippen molar-refractivity contribution in [2.75, 3.05) is 20.8 Å². The van der Waals surface area contributed by atoms with Crippen LogP contribution in [0.5, 0.6) is 11.5 Å². The molecule has 1 unspecified atom stereocenters. The number of benzene rings is 1. The van der Waals surface area contributed by atoms with E-state index in [-0.39, 0.29) is 12.5 Å². The first-order chi connectivity index (χ1) is 8.04. The third kappa shape index (κ3) is 2.91. The molecule has 17 heavy (non-hydrogen) atoms. The van der Waals surface area contributed by atoms with Crippen molar-refractivity contribution in [1.29, 1.82) is 0 Å². The summed E-state index contributed by atoms with van der Waals surface area (Å²) < 4.78 is 10.6. The van der Waals surface area contributed by atoms with Crippen LogP contribution in [0.2, 0.25) is 0 Å². The minimum absolute atomic E-state index is 0.0934. The van der Waals surface area contributed by atoms with E-state index in [1.54, 1.807) is 14.2 Å². The van der Waals surface area contributed by atoms with E-state index in [9.17, 15) is 5.11 Å². The lowest BCUT2D eigenvalue weighted by Gasteiger charge is -2.23. The van der Waals surface area contributed by atoms with Crippen LogP contribution in [0, 0.1) is 12.8 Å². The molecule has 0 bridgehead atoms. The molecule has 0 saturated carbocycles. The molecular formula is C14H22O3. The van der Waals surface area contributed by atoms with Gasteiger partial charge in [-0.05, 0) is 24.5 Å². The minimum atomic E-state index is 0.0934. The molecule has 3 nitrogen and oxygen atoms in total. The fourth-order valence-electron chi connectivity index (χ4n) is 2.13. The zero-order valence-corrected chi connectivity index (χ0v) is 11.3. The fourth-order valence-corrected chi connectivity index (χ4v) is 2.13. The molecule has 0 radical (unpaired) electrons. The second-order valence-electron chi connectivity index (χ2n) is 4.59. The van der Waals surface area contributed by atoms with Gasteiger partial charge in [0.1, 0.15) is 11.5 Å². The molecule has 0 amide bonds. The van der Waals surface area contributed by atoms with Crippen molar-refractivity contribution in [3.8, 4) is 11.5 Å². The molecule has 0 saturated heterocycles. The molecule has 0 aliphatic carbocycles. The van der Waals surface area contributed by atoms with E-state index in [4.69, 9.17) is 9.47 Å². The summed E-state index contributed by atoms with van der Waals surface area (Å²) in [6.45, 7) is 6.35. The predicted molar refractivity (Wildman–Crippen MR) is 68.9 cm³/mol. The number of aliphatic hydroxyl groups excluding tert-OH is 1. The highest BCUT2D eigenvalue weighted by molar-refractivity contribution is 5.48. The van der Waals surface area contributed by atoms with Crippen molar-refractivity contribution in [2.45, 2.75) is 26.7 Å². The number of ether oxygens (including phenoxy) is 2. The number of rotatable bonds is 5. The first kappa shape index (κ1) is 13.8. The summed E-state index contributed by atoms with van der Waals surface area (Å²) in [5.41, 5.74) is 2.17. The molecule has 1 rings (SSSR count). The largest absolute Gasteiger partial charge is 0.497 e. The van der Waals surface area contributed by atoms with Gasteiger partial charge in [0.25, 0.3) is 0 Å². The van der Waals surface area contributed by atoms with Crippen LogP contribution < -0.4 is 9.47 Å². The smallest absolute Gasteiger partial charge is 0.126 e. The van der Waals surface area contributed by atoms with Gasteiger partial charge in [0.2, 0.25) is 0 Å². The molecule has 1 aromatic rings. The lowest BCUT2D eigenvalue weighted by Crippen LogP contribution is -2.14. The molecule has 0 fully saturated rings. The van der Waals surface area contributed by atoms with Gasteiger partial charge >= 0.3 is 0 Å². The highest BCUT2D eigenvalue weighted by atomic mass is 16.5. The molecule has 0 aromatic heterocycles. The molecule has 0 spiro atoms. The normalized spacial score (nSPS) is 12.6. The molecular weight excluding hydrogens is 216 g/mol. The van der Waals surface area contributed by atoms with E-state index >= 15 is 0 Å². The molecule has 0 aliphatic heterocycles. The highest BCUT2D eigenvalue weighted by Gasteiger charge is 2.21. The number of hydrogen-bond donors (Lipinski definition) is 1. The van der Waals surface area contributed by atoms with Gasteiger partial charge in [0, 0.05) is 17.5 Å². The summed E-state index contributed by atoms with van der Waals surface area (Å²) in [5, 5.41) is 9.53. The van der Waals surface area contributed by atoms with Gasteiger partial charge in [-0.25, -0.2) is 0 Å². The van der Waals surface area contributed by atoms with E-state index in [0.717, 1.165) is 22.6 Å². The summed E-state index contributed by atoms with van der Waals surface area (Å²) in [7, 11) is 3.28. The van der Waals surface area contributed by atoms with Crippen LogP contribution >= 0.6 is 0 Å². The highest BCUT2D eigenvalue weighted by Crippen LogP contribution is 2.37. The maximum atomic E-state index is 9.53. The zero-order valence-electron chi connectivity index (χ0n) is 11.3. The first-order valence-electron chi connectivity index (χ1n) is 5.88. The third-order valence-corrected chi connectivity index (χ3v) is 3.15. The van der Waals surface area contributed by atoms with E-state index in [1.807, 2.05) is 19.1 Å². The van der Waals surface area contributed by atoms with Crippen molar-refractivity contribution in [1.82, 2.24) is 0 Å². The van der Waals surface area contributed by atoms with Gasteiger partial charge < -0.3 is 14.6 Å². The molecule has 3 heteroatoms. The minimum Gasteiger partial charge on any atom is -0.497 e. The molecule has 96 valence electrons. The predicted octanol–water partition coefficient (Wildman–Crippen LogP) is 2.74. The van der Waals surface area contributed by atoms with E-state index in [1.165, 1.54) is 0 Å². The van der Waals surface area contributed by atoms with Crippen molar-refractivity contribution >= 4 is 0 Å². The van der Waals surface area contributed by atoms with Gasteiger partial charge in [-0.15, -0.1) is 0 Å². The maximum Gasteiger partial charge on any atom is 0.126 e.